The van der Waals surface area contributed by atoms with E-state index in [0.29, 0.717) is 30.2 Å². The number of furan rings is 1. The second kappa shape index (κ2) is 8.23. The lowest BCUT2D eigenvalue weighted by molar-refractivity contribution is 0.0959. The lowest BCUT2D eigenvalue weighted by Crippen LogP contribution is -2.47. The average Bonchev–Trinajstić information content (AvgIpc) is 3.33. The molecule has 0 saturated carbocycles. The van der Waals surface area contributed by atoms with Crippen LogP contribution in [0.15, 0.2) is 47.1 Å². The van der Waals surface area contributed by atoms with Crippen molar-refractivity contribution in [1.82, 2.24) is 9.97 Å². The number of halogens is 1. The molecule has 31 heavy (non-hydrogen) atoms. The molecule has 2 aliphatic rings. The molecule has 5 rings (SSSR count). The van der Waals surface area contributed by atoms with Crippen LogP contribution < -0.4 is 15.1 Å². The Bertz CT molecular complexity index is 1090. The minimum atomic E-state index is 0.0159. The fourth-order valence-corrected chi connectivity index (χ4v) is 4.64. The van der Waals surface area contributed by atoms with Gasteiger partial charge in [-0.2, -0.15) is 4.98 Å². The summed E-state index contributed by atoms with van der Waals surface area (Å²) in [4.78, 5) is 26.9. The minimum Gasteiger partial charge on any atom is -0.469 e. The molecule has 1 aromatic carbocycles. The number of carbonyl (C=O) groups is 1. The fourth-order valence-electron chi connectivity index (χ4n) is 4.45. The summed E-state index contributed by atoms with van der Waals surface area (Å²) < 4.78 is 5.57. The zero-order chi connectivity index (χ0) is 21.4. The summed E-state index contributed by atoms with van der Waals surface area (Å²) in [5, 5.41) is 3.85. The summed E-state index contributed by atoms with van der Waals surface area (Å²) in [5.41, 5.74) is 2.54. The quantitative estimate of drug-likeness (QED) is 0.661. The highest BCUT2D eigenvalue weighted by Crippen LogP contribution is 2.35. The molecule has 7 nitrogen and oxygen atoms in total. The van der Waals surface area contributed by atoms with Crippen LogP contribution in [0.3, 0.4) is 0 Å². The number of rotatable bonds is 4. The number of piperazine rings is 1. The Labute approximate surface area is 186 Å². The molecule has 1 saturated heterocycles. The van der Waals surface area contributed by atoms with Gasteiger partial charge >= 0.3 is 0 Å². The summed E-state index contributed by atoms with van der Waals surface area (Å²) in [6.45, 7) is 3.29. The first-order valence-electron chi connectivity index (χ1n) is 10.5. The van der Waals surface area contributed by atoms with Crippen LogP contribution in [0, 0.1) is 0 Å². The lowest BCUT2D eigenvalue weighted by atomic mass is 9.84. The molecule has 0 amide bonds. The molecule has 1 atom stereocenters. The van der Waals surface area contributed by atoms with Gasteiger partial charge in [-0.15, -0.1) is 0 Å². The molecule has 0 bridgehead atoms. The number of Topliss-reactive ketones (excluding diaryl/α,β-unsaturated/α-hetero) is 1. The molecule has 1 aliphatic heterocycles. The van der Waals surface area contributed by atoms with Gasteiger partial charge < -0.3 is 19.5 Å². The van der Waals surface area contributed by atoms with Gasteiger partial charge in [-0.1, -0.05) is 17.7 Å². The zero-order valence-electron chi connectivity index (χ0n) is 17.3. The Morgan fingerprint density at radius 3 is 2.58 bits per heavy atom. The second-order valence-corrected chi connectivity index (χ2v) is 8.38. The van der Waals surface area contributed by atoms with Crippen molar-refractivity contribution in [2.24, 2.45) is 0 Å². The first-order valence-corrected chi connectivity index (χ1v) is 10.9. The molecular formula is C23H24ClN5O2. The average molecular weight is 438 g/mol. The fraction of sp³-hybridized carbons (Fsp3) is 0.348. The smallest absolute Gasteiger partial charge is 0.227 e. The van der Waals surface area contributed by atoms with E-state index in [9.17, 15) is 4.79 Å². The van der Waals surface area contributed by atoms with Crippen LogP contribution in [-0.2, 0) is 6.42 Å². The van der Waals surface area contributed by atoms with Crippen molar-refractivity contribution in [1.29, 1.82) is 0 Å². The Morgan fingerprint density at radius 2 is 1.87 bits per heavy atom. The second-order valence-electron chi connectivity index (χ2n) is 7.94. The molecule has 1 N–H and O–H groups in total. The van der Waals surface area contributed by atoms with Crippen molar-refractivity contribution in [3.63, 3.8) is 0 Å². The molecule has 1 aliphatic carbocycles. The van der Waals surface area contributed by atoms with Crippen molar-refractivity contribution >= 4 is 34.8 Å². The van der Waals surface area contributed by atoms with E-state index in [1.807, 2.05) is 30.3 Å². The maximum atomic E-state index is 12.9. The first-order chi connectivity index (χ1) is 15.1. The maximum absolute atomic E-state index is 12.9. The summed E-state index contributed by atoms with van der Waals surface area (Å²) in [7, 11) is 1.80. The zero-order valence-corrected chi connectivity index (χ0v) is 18.1. The van der Waals surface area contributed by atoms with Gasteiger partial charge in [0.25, 0.3) is 0 Å². The van der Waals surface area contributed by atoms with E-state index in [4.69, 9.17) is 26.0 Å². The number of nitrogens with zero attached hydrogens (tertiary/aromatic N) is 4. The molecular weight excluding hydrogens is 414 g/mol. The van der Waals surface area contributed by atoms with Crippen LogP contribution in [0.5, 0.6) is 0 Å². The van der Waals surface area contributed by atoms with Crippen LogP contribution in [0.1, 0.15) is 34.2 Å². The monoisotopic (exact) mass is 437 g/mol. The number of hydrogen-bond acceptors (Lipinski definition) is 7. The van der Waals surface area contributed by atoms with E-state index >= 15 is 0 Å². The molecule has 160 valence electrons. The van der Waals surface area contributed by atoms with Gasteiger partial charge in [0.15, 0.2) is 5.78 Å². The van der Waals surface area contributed by atoms with Gasteiger partial charge in [0, 0.05) is 62.7 Å². The Hall–Kier alpha value is -3.06. The van der Waals surface area contributed by atoms with Crippen molar-refractivity contribution in [2.75, 3.05) is 48.3 Å². The number of nitrogens with one attached hydrogen (secondary N) is 1. The number of benzene rings is 1. The summed E-state index contributed by atoms with van der Waals surface area (Å²) in [6.07, 6.45) is 2.73. The lowest BCUT2D eigenvalue weighted by Gasteiger charge is -2.36. The Balaban J connectivity index is 1.38. The third kappa shape index (κ3) is 3.85. The van der Waals surface area contributed by atoms with Gasteiger partial charge in [-0.25, -0.2) is 4.98 Å². The third-order valence-electron chi connectivity index (χ3n) is 6.04. The van der Waals surface area contributed by atoms with Crippen molar-refractivity contribution in [2.45, 2.75) is 18.8 Å². The normalized spacial score (nSPS) is 18.8. The van der Waals surface area contributed by atoms with E-state index in [1.54, 1.807) is 13.3 Å². The number of carbonyl (C=O) groups excluding carboxylic acids is 1. The number of anilines is 3. The highest BCUT2D eigenvalue weighted by molar-refractivity contribution is 6.30. The molecule has 3 aromatic rings. The standard InChI is InChI=1S/C23H24ClN5O2/c1-25-22-21-18(12-15(13-19(21)30)20-6-3-11-31-20)26-23(27-22)29-9-7-28(8-10-29)17-5-2-4-16(24)14-17/h2-6,11,14-15H,7-10,12-13H2,1H3,(H,25,26,27)/t15-/m1/s1. The van der Waals surface area contributed by atoms with Gasteiger partial charge in [0.05, 0.1) is 17.5 Å². The Kier molecular flexibility index (Phi) is 5.28. The maximum Gasteiger partial charge on any atom is 0.227 e. The van der Waals surface area contributed by atoms with Crippen LogP contribution in [0.4, 0.5) is 17.5 Å². The summed E-state index contributed by atoms with van der Waals surface area (Å²) in [5.74, 6) is 2.19. The molecule has 8 heteroatoms. The largest absolute Gasteiger partial charge is 0.469 e. The predicted octanol–water partition coefficient (Wildman–Crippen LogP) is 4.00. The highest BCUT2D eigenvalue weighted by atomic mass is 35.5. The van der Waals surface area contributed by atoms with Crippen LogP contribution >= 0.6 is 11.6 Å². The van der Waals surface area contributed by atoms with Crippen LogP contribution in [0.2, 0.25) is 5.02 Å². The number of ketones is 1. The molecule has 0 spiro atoms. The summed E-state index contributed by atoms with van der Waals surface area (Å²) in [6, 6.07) is 11.7. The van der Waals surface area contributed by atoms with Crippen molar-refractivity contribution < 1.29 is 9.21 Å². The molecule has 2 aromatic heterocycles. The number of fused-ring (bicyclic) bond motifs is 1. The third-order valence-corrected chi connectivity index (χ3v) is 6.28. The Morgan fingerprint density at radius 1 is 1.06 bits per heavy atom. The van der Waals surface area contributed by atoms with E-state index in [-0.39, 0.29) is 11.7 Å². The molecule has 3 heterocycles. The molecule has 0 radical (unpaired) electrons. The first kappa shape index (κ1) is 19.9. The number of hydrogen-bond donors (Lipinski definition) is 1. The van der Waals surface area contributed by atoms with Crippen LogP contribution in [0.25, 0.3) is 0 Å². The minimum absolute atomic E-state index is 0.0159. The topological polar surface area (TPSA) is 74.5 Å². The van der Waals surface area contributed by atoms with Gasteiger partial charge in [0.2, 0.25) is 5.95 Å². The molecule has 0 unspecified atom stereocenters. The molecule has 1 fully saturated rings. The van der Waals surface area contributed by atoms with Gasteiger partial charge in [-0.05, 0) is 30.3 Å². The van der Waals surface area contributed by atoms with Crippen molar-refractivity contribution in [3.8, 4) is 0 Å². The van der Waals surface area contributed by atoms with E-state index in [0.717, 1.165) is 48.3 Å². The summed E-state index contributed by atoms with van der Waals surface area (Å²) >= 11 is 6.15. The van der Waals surface area contributed by atoms with E-state index in [2.05, 4.69) is 21.2 Å². The van der Waals surface area contributed by atoms with Gasteiger partial charge in [-0.3, -0.25) is 4.79 Å². The highest BCUT2D eigenvalue weighted by Gasteiger charge is 2.33. The van der Waals surface area contributed by atoms with Gasteiger partial charge in [0.1, 0.15) is 11.6 Å². The van der Waals surface area contributed by atoms with Crippen molar-refractivity contribution in [3.05, 3.63) is 64.7 Å². The number of aromatic nitrogens is 2. The predicted molar refractivity (Wildman–Crippen MR) is 122 cm³/mol. The van der Waals surface area contributed by atoms with Crippen LogP contribution in [-0.4, -0.2) is 49.0 Å². The SMILES string of the molecule is CNc1nc(N2CCN(c3cccc(Cl)c3)CC2)nc2c1C(=O)C[C@H](c1ccco1)C2. The van der Waals surface area contributed by atoms with E-state index in [1.165, 1.54) is 0 Å². The van der Waals surface area contributed by atoms with E-state index < -0.39 is 0 Å².